The molecular weight excluding hydrogens is 620 g/mol. The second kappa shape index (κ2) is 15.0. The lowest BCUT2D eigenvalue weighted by Crippen LogP contribution is -2.54. The molecule has 7 N–H and O–H groups in total. The Morgan fingerprint density at radius 1 is 1.06 bits per heavy atom. The summed E-state index contributed by atoms with van der Waals surface area (Å²) in [4.78, 5) is 70.3. The molecule has 0 fully saturated rings. The van der Waals surface area contributed by atoms with Crippen LogP contribution >= 0.6 is 0 Å². The summed E-state index contributed by atoms with van der Waals surface area (Å²) in [7, 11) is 0. The van der Waals surface area contributed by atoms with E-state index in [9.17, 15) is 19.2 Å². The molecule has 1 aliphatic heterocycles. The number of para-hydroxylation sites is 1. The molecule has 0 saturated carbocycles. The fourth-order valence-corrected chi connectivity index (χ4v) is 5.95. The lowest BCUT2D eigenvalue weighted by Gasteiger charge is -2.24. The van der Waals surface area contributed by atoms with Gasteiger partial charge in [0.1, 0.15) is 23.9 Å². The molecule has 15 nitrogen and oxygen atoms in total. The summed E-state index contributed by atoms with van der Waals surface area (Å²) >= 11 is 0. The van der Waals surface area contributed by atoms with Crippen LogP contribution in [0.2, 0.25) is 0 Å². The molecule has 1 aromatic carbocycles. The summed E-state index contributed by atoms with van der Waals surface area (Å²) in [5.74, 6) is -2.06. The molecule has 4 aromatic rings. The fraction of sp³-hybridized carbons (Fsp3) is 0.424. The van der Waals surface area contributed by atoms with Crippen LogP contribution < -0.4 is 21.3 Å². The third-order valence-corrected chi connectivity index (χ3v) is 8.34. The fourth-order valence-electron chi connectivity index (χ4n) is 5.95. The number of amides is 4. The Hall–Kier alpha value is -5.47. The summed E-state index contributed by atoms with van der Waals surface area (Å²) in [6.45, 7) is 4.78. The molecule has 15 heteroatoms. The molecule has 4 heterocycles. The van der Waals surface area contributed by atoms with E-state index in [0.717, 1.165) is 53.9 Å². The van der Waals surface area contributed by atoms with Gasteiger partial charge in [0, 0.05) is 48.2 Å². The maximum Gasteiger partial charge on any atom is 0.300 e. The van der Waals surface area contributed by atoms with E-state index in [0.29, 0.717) is 37.3 Å². The quantitative estimate of drug-likeness (QED) is 0.170. The number of H-pyrrole nitrogens is 2. The van der Waals surface area contributed by atoms with Crippen molar-refractivity contribution in [2.24, 2.45) is 0 Å². The molecule has 0 unspecified atom stereocenters. The number of fused-ring (bicyclic) bond motifs is 4. The maximum absolute atomic E-state index is 13.8. The van der Waals surface area contributed by atoms with Crippen molar-refractivity contribution in [3.05, 3.63) is 70.3 Å². The van der Waals surface area contributed by atoms with Gasteiger partial charge in [0.2, 0.25) is 17.7 Å². The van der Waals surface area contributed by atoms with E-state index in [1.165, 1.54) is 0 Å². The molecule has 3 aromatic heterocycles. The molecule has 254 valence electrons. The summed E-state index contributed by atoms with van der Waals surface area (Å²) in [6, 6.07) is 5.13. The first-order valence-corrected chi connectivity index (χ1v) is 16.0. The van der Waals surface area contributed by atoms with Gasteiger partial charge in [0.05, 0.1) is 0 Å². The minimum absolute atomic E-state index is 0.161. The molecule has 48 heavy (non-hydrogen) atoms. The number of carbonyl (C=O) groups excluding carboxylic acids is 4. The van der Waals surface area contributed by atoms with Crippen molar-refractivity contribution in [1.29, 1.82) is 0 Å². The molecule has 0 saturated heterocycles. The molecule has 0 radical (unpaired) electrons. The third kappa shape index (κ3) is 7.90. The van der Waals surface area contributed by atoms with Crippen molar-refractivity contribution in [3.63, 3.8) is 0 Å². The van der Waals surface area contributed by atoms with Gasteiger partial charge in [-0.05, 0) is 64.0 Å². The number of rotatable bonds is 4. The van der Waals surface area contributed by atoms with E-state index >= 15 is 0 Å². The Kier molecular flexibility index (Phi) is 10.6. The highest BCUT2D eigenvalue weighted by molar-refractivity contribution is 5.98. The molecule has 1 aliphatic carbocycles. The van der Waals surface area contributed by atoms with E-state index in [4.69, 9.17) is 14.3 Å². The lowest BCUT2D eigenvalue weighted by molar-refractivity contribution is -0.134. The van der Waals surface area contributed by atoms with Gasteiger partial charge in [-0.1, -0.05) is 18.2 Å². The third-order valence-electron chi connectivity index (χ3n) is 8.34. The highest BCUT2D eigenvalue weighted by Crippen LogP contribution is 2.24. The number of aromatic amines is 2. The van der Waals surface area contributed by atoms with Gasteiger partial charge < -0.3 is 35.8 Å². The van der Waals surface area contributed by atoms with Crippen LogP contribution in [0.1, 0.15) is 95.0 Å². The van der Waals surface area contributed by atoms with Crippen LogP contribution in [0.4, 0.5) is 0 Å². The maximum atomic E-state index is 13.8. The summed E-state index contributed by atoms with van der Waals surface area (Å²) in [5.41, 5.74) is 4.05. The monoisotopic (exact) mass is 660 g/mol. The van der Waals surface area contributed by atoms with Gasteiger partial charge in [-0.25, -0.2) is 4.98 Å². The molecule has 2 aliphatic rings. The average Bonchev–Trinajstić information content (AvgIpc) is 3.83. The summed E-state index contributed by atoms with van der Waals surface area (Å²) in [6.07, 6.45) is 5.93. The summed E-state index contributed by atoms with van der Waals surface area (Å²) in [5, 5.41) is 27.0. The molecule has 6 rings (SSSR count). The highest BCUT2D eigenvalue weighted by Gasteiger charge is 2.32. The zero-order valence-electron chi connectivity index (χ0n) is 27.1. The summed E-state index contributed by atoms with van der Waals surface area (Å²) < 4.78 is 5.73. The average molecular weight is 661 g/mol. The number of carboxylic acids is 1. The zero-order valence-corrected chi connectivity index (χ0v) is 27.1. The Morgan fingerprint density at radius 3 is 2.62 bits per heavy atom. The van der Waals surface area contributed by atoms with Crippen LogP contribution in [0.5, 0.6) is 0 Å². The van der Waals surface area contributed by atoms with Crippen molar-refractivity contribution in [2.45, 2.75) is 83.8 Å². The second-order valence-electron chi connectivity index (χ2n) is 12.0. The normalized spacial score (nSPS) is 20.1. The molecule has 4 amide bonds. The number of carbonyl (C=O) groups is 5. The van der Waals surface area contributed by atoms with Gasteiger partial charge >= 0.3 is 0 Å². The van der Waals surface area contributed by atoms with Gasteiger partial charge in [0.15, 0.2) is 11.4 Å². The number of nitrogens with one attached hydrogen (secondary N) is 6. The predicted octanol–water partition coefficient (Wildman–Crippen LogP) is 2.38. The first-order valence-electron chi connectivity index (χ1n) is 16.0. The molecule has 2 bridgehead atoms. The minimum atomic E-state index is -0.982. The number of hydrogen-bond donors (Lipinski definition) is 7. The van der Waals surface area contributed by atoms with Crippen LogP contribution in [0.25, 0.3) is 10.9 Å². The number of benzene rings is 1. The van der Waals surface area contributed by atoms with Crippen LogP contribution in [0.3, 0.4) is 0 Å². The smallest absolute Gasteiger partial charge is 0.300 e. The highest BCUT2D eigenvalue weighted by atomic mass is 16.4. The SMILES string of the molecule is CC(=O)O.Cc1oc2nc1C(=O)NCCCC[C@H](NC(=O)c1n[nH]c3c1CCC3)C(=O)N[C@H](Cc1c[nH]c3ccccc13)C(=O)N[C@@H]2C. The number of oxazole rings is 1. The van der Waals surface area contributed by atoms with Gasteiger partial charge in [-0.15, -0.1) is 0 Å². The van der Waals surface area contributed by atoms with Gasteiger partial charge in [-0.3, -0.25) is 29.1 Å². The Labute approximate surface area is 276 Å². The Balaban J connectivity index is 0.00000107. The molecule has 3 atom stereocenters. The number of aryl methyl sites for hydroxylation is 2. The second-order valence-corrected chi connectivity index (χ2v) is 12.0. The largest absolute Gasteiger partial charge is 0.481 e. The number of carboxylic acid groups (broad SMARTS) is 1. The van der Waals surface area contributed by atoms with E-state index in [-0.39, 0.29) is 23.9 Å². The van der Waals surface area contributed by atoms with E-state index < -0.39 is 41.8 Å². The predicted molar refractivity (Wildman–Crippen MR) is 173 cm³/mol. The van der Waals surface area contributed by atoms with Gasteiger partial charge in [0.25, 0.3) is 17.8 Å². The van der Waals surface area contributed by atoms with Crippen LogP contribution in [-0.4, -0.2) is 73.5 Å². The molecule has 0 spiro atoms. The van der Waals surface area contributed by atoms with Gasteiger partial charge in [-0.2, -0.15) is 5.10 Å². The molecular formula is C33H40N8O7. The first kappa shape index (κ1) is 33.9. The van der Waals surface area contributed by atoms with Crippen molar-refractivity contribution in [3.8, 4) is 0 Å². The zero-order chi connectivity index (χ0) is 34.4. The lowest BCUT2D eigenvalue weighted by atomic mass is 10.0. The van der Waals surface area contributed by atoms with E-state index in [2.05, 4.69) is 41.4 Å². The van der Waals surface area contributed by atoms with E-state index in [1.54, 1.807) is 13.8 Å². The number of nitrogens with zero attached hydrogens (tertiary/aromatic N) is 2. The van der Waals surface area contributed by atoms with Crippen molar-refractivity contribution in [2.75, 3.05) is 6.54 Å². The topological polar surface area (TPSA) is 224 Å². The number of hydrogen-bond acceptors (Lipinski definition) is 8. The van der Waals surface area contributed by atoms with Crippen molar-refractivity contribution >= 4 is 40.5 Å². The minimum Gasteiger partial charge on any atom is -0.481 e. The van der Waals surface area contributed by atoms with Crippen LogP contribution in [0, 0.1) is 6.92 Å². The standard InChI is InChI=1S/C31H36N8O5.C2H4O2/c1-16-31-37-25(17(2)44-31)29(42)32-13-6-5-11-23(35-30(43)26-20-9-7-12-22(20)38-39-26)27(40)36-24(28(41)34-16)14-18-15-33-21-10-4-3-8-19(18)21;1-2(3)4/h3-4,8,10,15-16,23-24,33H,5-7,9,11-14H2,1-2H3,(H,32,42)(H,34,41)(H,35,43)(H,36,40)(H,38,39);1H3,(H,3,4)/t16-,23+,24-;/m1./s1. The number of aromatic nitrogens is 4. The van der Waals surface area contributed by atoms with E-state index in [1.807, 2.05) is 30.5 Å². The van der Waals surface area contributed by atoms with Crippen LogP contribution in [0.15, 0.2) is 34.9 Å². The first-order chi connectivity index (χ1) is 23.0. The van der Waals surface area contributed by atoms with Crippen molar-refractivity contribution < 1.29 is 33.5 Å². The van der Waals surface area contributed by atoms with Crippen LogP contribution in [-0.2, 0) is 33.6 Å². The van der Waals surface area contributed by atoms with Crippen molar-refractivity contribution in [1.82, 2.24) is 41.4 Å². The Bertz CT molecular complexity index is 1820. The number of aliphatic carboxylic acids is 1. The Morgan fingerprint density at radius 2 is 1.83 bits per heavy atom.